The first-order chi connectivity index (χ1) is 13.0. The molecule has 1 aliphatic rings. The second-order valence-electron chi connectivity index (χ2n) is 5.74. The molecule has 2 N–H and O–H groups in total. The number of anilines is 2. The molecule has 1 aromatic heterocycles. The molecule has 3 aromatic rings. The van der Waals surface area contributed by atoms with Crippen molar-refractivity contribution in [1.82, 2.24) is 9.78 Å². The molecule has 7 nitrogen and oxygen atoms in total. The van der Waals surface area contributed by atoms with Crippen LogP contribution in [0.1, 0.15) is 10.5 Å². The van der Waals surface area contributed by atoms with Crippen LogP contribution in [0.4, 0.5) is 11.4 Å². The topological polar surface area (TPSA) is 85.2 Å². The lowest BCUT2D eigenvalue weighted by Gasteiger charge is -2.19. The van der Waals surface area contributed by atoms with Crippen LogP contribution < -0.4 is 15.4 Å². The van der Waals surface area contributed by atoms with E-state index in [-0.39, 0.29) is 23.2 Å². The molecule has 2 amide bonds. The molecular formula is C18H12Cl2N4O3. The van der Waals surface area contributed by atoms with Gasteiger partial charge in [-0.05, 0) is 30.3 Å². The SMILES string of the molecule is O=C1COc2cc(NC(=O)c3ccn(-c4cccc(Cl)c4)n3)c(Cl)cc2N1. The summed E-state index contributed by atoms with van der Waals surface area (Å²) in [5, 5.41) is 10.4. The predicted octanol–water partition coefficient (Wildman–Crippen LogP) is 3.76. The van der Waals surface area contributed by atoms with Gasteiger partial charge in [-0.25, -0.2) is 4.68 Å². The zero-order valence-electron chi connectivity index (χ0n) is 13.7. The summed E-state index contributed by atoms with van der Waals surface area (Å²) in [7, 11) is 0. The number of fused-ring (bicyclic) bond motifs is 1. The highest BCUT2D eigenvalue weighted by atomic mass is 35.5. The van der Waals surface area contributed by atoms with Crippen molar-refractivity contribution >= 4 is 46.4 Å². The molecule has 136 valence electrons. The van der Waals surface area contributed by atoms with Crippen LogP contribution in [-0.4, -0.2) is 28.2 Å². The highest BCUT2D eigenvalue weighted by molar-refractivity contribution is 6.34. The van der Waals surface area contributed by atoms with Crippen LogP contribution in [-0.2, 0) is 4.79 Å². The van der Waals surface area contributed by atoms with Gasteiger partial charge in [-0.3, -0.25) is 9.59 Å². The maximum Gasteiger partial charge on any atom is 0.276 e. The Morgan fingerprint density at radius 3 is 2.89 bits per heavy atom. The van der Waals surface area contributed by atoms with E-state index in [1.54, 1.807) is 41.2 Å². The van der Waals surface area contributed by atoms with Crippen LogP contribution in [0.5, 0.6) is 5.75 Å². The van der Waals surface area contributed by atoms with E-state index < -0.39 is 5.91 Å². The summed E-state index contributed by atoms with van der Waals surface area (Å²) in [5.74, 6) is -0.266. The Bertz CT molecular complexity index is 1060. The van der Waals surface area contributed by atoms with Crippen LogP contribution in [0.3, 0.4) is 0 Å². The average molecular weight is 403 g/mol. The smallest absolute Gasteiger partial charge is 0.276 e. The van der Waals surface area contributed by atoms with Crippen molar-refractivity contribution in [2.75, 3.05) is 17.2 Å². The number of carbonyl (C=O) groups is 2. The third kappa shape index (κ3) is 3.60. The van der Waals surface area contributed by atoms with E-state index in [4.69, 9.17) is 27.9 Å². The molecule has 0 saturated carbocycles. The van der Waals surface area contributed by atoms with Gasteiger partial charge >= 0.3 is 0 Å². The van der Waals surface area contributed by atoms with Gasteiger partial charge in [0, 0.05) is 17.3 Å². The Hall–Kier alpha value is -3.03. The zero-order chi connectivity index (χ0) is 19.0. The van der Waals surface area contributed by atoms with Crippen LogP contribution in [0.15, 0.2) is 48.7 Å². The predicted molar refractivity (Wildman–Crippen MR) is 102 cm³/mol. The Kier molecular flexibility index (Phi) is 4.47. The fraction of sp³-hybridized carbons (Fsp3) is 0.0556. The first-order valence-corrected chi connectivity index (χ1v) is 8.64. The minimum atomic E-state index is -0.433. The molecule has 0 aliphatic carbocycles. The molecular weight excluding hydrogens is 391 g/mol. The number of ether oxygens (including phenoxy) is 1. The molecule has 9 heteroatoms. The van der Waals surface area contributed by atoms with E-state index in [0.717, 1.165) is 5.69 Å². The van der Waals surface area contributed by atoms with E-state index in [2.05, 4.69) is 15.7 Å². The van der Waals surface area contributed by atoms with Gasteiger partial charge in [0.15, 0.2) is 12.3 Å². The van der Waals surface area contributed by atoms with Gasteiger partial charge in [-0.2, -0.15) is 5.10 Å². The minimum absolute atomic E-state index is 0.0912. The third-order valence-corrected chi connectivity index (χ3v) is 4.39. The summed E-state index contributed by atoms with van der Waals surface area (Å²) in [6.07, 6.45) is 1.66. The molecule has 1 aliphatic heterocycles. The molecule has 0 bridgehead atoms. The number of carbonyl (C=O) groups excluding carboxylic acids is 2. The Balaban J connectivity index is 1.56. The van der Waals surface area contributed by atoms with Gasteiger partial charge in [0.05, 0.1) is 22.1 Å². The molecule has 0 saturated heterocycles. The number of amides is 2. The van der Waals surface area contributed by atoms with Crippen molar-refractivity contribution in [3.63, 3.8) is 0 Å². The van der Waals surface area contributed by atoms with Crippen LogP contribution >= 0.6 is 23.2 Å². The van der Waals surface area contributed by atoms with Crippen LogP contribution in [0, 0.1) is 0 Å². The largest absolute Gasteiger partial charge is 0.482 e. The Labute approximate surface area is 163 Å². The van der Waals surface area contributed by atoms with Crippen LogP contribution in [0.25, 0.3) is 5.69 Å². The lowest BCUT2D eigenvalue weighted by molar-refractivity contribution is -0.118. The summed E-state index contributed by atoms with van der Waals surface area (Å²) < 4.78 is 6.89. The monoisotopic (exact) mass is 402 g/mol. The molecule has 27 heavy (non-hydrogen) atoms. The molecule has 4 rings (SSSR count). The lowest BCUT2D eigenvalue weighted by atomic mass is 10.2. The Morgan fingerprint density at radius 1 is 1.22 bits per heavy atom. The molecule has 2 aromatic carbocycles. The molecule has 0 fully saturated rings. The van der Waals surface area contributed by atoms with Gasteiger partial charge < -0.3 is 15.4 Å². The normalized spacial score (nSPS) is 12.7. The number of aromatic nitrogens is 2. The maximum absolute atomic E-state index is 12.5. The Morgan fingerprint density at radius 2 is 2.07 bits per heavy atom. The molecule has 0 atom stereocenters. The summed E-state index contributed by atoms with van der Waals surface area (Å²) in [5.41, 5.74) is 1.75. The van der Waals surface area contributed by atoms with E-state index in [1.165, 1.54) is 6.07 Å². The first kappa shape index (κ1) is 17.4. The quantitative estimate of drug-likeness (QED) is 0.698. The number of benzene rings is 2. The number of halogens is 2. The van der Waals surface area contributed by atoms with Crippen molar-refractivity contribution in [3.8, 4) is 11.4 Å². The second kappa shape index (κ2) is 6.94. The highest BCUT2D eigenvalue weighted by Crippen LogP contribution is 2.36. The van der Waals surface area contributed by atoms with Crippen molar-refractivity contribution in [3.05, 3.63) is 64.4 Å². The number of nitrogens with zero attached hydrogens (tertiary/aromatic N) is 2. The van der Waals surface area contributed by atoms with Gasteiger partial charge in [0.25, 0.3) is 11.8 Å². The number of rotatable bonds is 3. The van der Waals surface area contributed by atoms with Gasteiger partial charge in [0.2, 0.25) is 0 Å². The number of nitrogens with one attached hydrogen (secondary N) is 2. The second-order valence-corrected chi connectivity index (χ2v) is 6.59. The number of hydrogen-bond acceptors (Lipinski definition) is 4. The van der Waals surface area contributed by atoms with E-state index in [0.29, 0.717) is 22.1 Å². The van der Waals surface area contributed by atoms with Crippen molar-refractivity contribution in [2.45, 2.75) is 0 Å². The van der Waals surface area contributed by atoms with E-state index in [9.17, 15) is 9.59 Å². The molecule has 0 radical (unpaired) electrons. The fourth-order valence-corrected chi connectivity index (χ4v) is 2.99. The first-order valence-electron chi connectivity index (χ1n) is 7.89. The van der Waals surface area contributed by atoms with Crippen LogP contribution in [0.2, 0.25) is 10.0 Å². The summed E-state index contributed by atoms with van der Waals surface area (Å²) in [4.78, 5) is 23.9. The fourth-order valence-electron chi connectivity index (χ4n) is 2.59. The minimum Gasteiger partial charge on any atom is -0.482 e. The van der Waals surface area contributed by atoms with Crippen molar-refractivity contribution in [2.24, 2.45) is 0 Å². The molecule has 0 unspecified atom stereocenters. The standard InChI is InChI=1S/C18H12Cl2N4O3/c19-10-2-1-3-11(6-10)24-5-4-13(23-24)18(26)22-14-8-16-15(7-12(14)20)21-17(25)9-27-16/h1-8H,9H2,(H,21,25)(H,22,26). The van der Waals surface area contributed by atoms with Gasteiger partial charge in [-0.1, -0.05) is 29.3 Å². The third-order valence-electron chi connectivity index (χ3n) is 3.84. The zero-order valence-corrected chi connectivity index (χ0v) is 15.2. The average Bonchev–Trinajstić information content (AvgIpc) is 3.13. The summed E-state index contributed by atoms with van der Waals surface area (Å²) in [6, 6.07) is 11.8. The van der Waals surface area contributed by atoms with E-state index >= 15 is 0 Å². The van der Waals surface area contributed by atoms with E-state index in [1.807, 2.05) is 6.07 Å². The molecule has 2 heterocycles. The van der Waals surface area contributed by atoms with Gasteiger partial charge in [0.1, 0.15) is 5.75 Å². The lowest BCUT2D eigenvalue weighted by Crippen LogP contribution is -2.25. The molecule has 0 spiro atoms. The summed E-state index contributed by atoms with van der Waals surface area (Å²) in [6.45, 7) is -0.0912. The van der Waals surface area contributed by atoms with Crippen molar-refractivity contribution < 1.29 is 14.3 Å². The summed E-state index contributed by atoms with van der Waals surface area (Å²) >= 11 is 12.2. The number of hydrogen-bond donors (Lipinski definition) is 2. The maximum atomic E-state index is 12.5. The van der Waals surface area contributed by atoms with Gasteiger partial charge in [-0.15, -0.1) is 0 Å². The highest BCUT2D eigenvalue weighted by Gasteiger charge is 2.20. The van der Waals surface area contributed by atoms with Crippen molar-refractivity contribution in [1.29, 1.82) is 0 Å².